The van der Waals surface area contributed by atoms with Crippen molar-refractivity contribution in [2.45, 2.75) is 89.0 Å². The Morgan fingerprint density at radius 1 is 1.08 bits per heavy atom. The Hall–Kier alpha value is -3.58. The number of aliphatic hydroxyl groups excluding tert-OH is 1. The highest BCUT2D eigenvalue weighted by Crippen LogP contribution is 2.30. The van der Waals surface area contributed by atoms with Crippen LogP contribution in [0.25, 0.3) is 0 Å². The van der Waals surface area contributed by atoms with E-state index in [4.69, 9.17) is 16.3 Å². The van der Waals surface area contributed by atoms with Gasteiger partial charge in [0.15, 0.2) is 6.10 Å². The molecule has 0 saturated carbocycles. The number of likely N-dealkylation sites (tertiary alicyclic amines) is 2. The maximum atomic E-state index is 14.0. The van der Waals surface area contributed by atoms with Crippen molar-refractivity contribution in [1.82, 2.24) is 19.6 Å². The number of carbonyl (C=O) groups excluding carboxylic acids is 3. The number of nitrogens with zero attached hydrogens (tertiary/aromatic N) is 4. The Labute approximate surface area is 299 Å². The van der Waals surface area contributed by atoms with Crippen LogP contribution in [-0.4, -0.2) is 130 Å². The molecule has 274 valence electrons. The molecular weight excluding hydrogens is 662 g/mol. The third kappa shape index (κ3) is 9.01. The summed E-state index contributed by atoms with van der Waals surface area (Å²) >= 11 is 6.27. The number of aromatic hydroxyl groups is 1. The number of urea groups is 1. The number of carbonyl (C=O) groups is 3. The van der Waals surface area contributed by atoms with Crippen LogP contribution in [0.4, 0.5) is 15.3 Å². The van der Waals surface area contributed by atoms with E-state index in [-0.39, 0.29) is 47.8 Å². The van der Waals surface area contributed by atoms with E-state index in [2.05, 4.69) is 10.2 Å². The summed E-state index contributed by atoms with van der Waals surface area (Å²) in [5.41, 5.74) is 2.07. The molecule has 3 aliphatic rings. The molecule has 3 heterocycles. The van der Waals surface area contributed by atoms with Gasteiger partial charge in [0.05, 0.1) is 17.2 Å². The molecule has 0 spiro atoms. The van der Waals surface area contributed by atoms with Crippen molar-refractivity contribution in [2.24, 2.45) is 0 Å². The number of rotatable bonds is 11. The highest BCUT2D eigenvalue weighted by molar-refractivity contribution is 6.32. The van der Waals surface area contributed by atoms with E-state index in [0.29, 0.717) is 76.1 Å². The zero-order valence-corrected chi connectivity index (χ0v) is 30.2. The van der Waals surface area contributed by atoms with Gasteiger partial charge in [0.2, 0.25) is 0 Å². The zero-order valence-electron chi connectivity index (χ0n) is 29.4. The van der Waals surface area contributed by atoms with Crippen LogP contribution >= 0.6 is 11.6 Å². The first-order chi connectivity index (χ1) is 23.9. The predicted octanol–water partition coefficient (Wildman–Crippen LogP) is 4.40. The molecule has 4 amide bonds. The average Bonchev–Trinajstić information content (AvgIpc) is 3.30. The van der Waals surface area contributed by atoms with Crippen LogP contribution in [0.5, 0.6) is 5.75 Å². The van der Waals surface area contributed by atoms with E-state index in [0.717, 1.165) is 30.5 Å². The fourth-order valence-electron chi connectivity index (χ4n) is 7.28. The molecule has 0 radical (unpaired) electrons. The molecule has 13 heteroatoms. The summed E-state index contributed by atoms with van der Waals surface area (Å²) in [7, 11) is 2.00. The van der Waals surface area contributed by atoms with E-state index < -0.39 is 17.8 Å². The molecule has 2 atom stereocenters. The standard InChI is InChI=1S/C37H52ClN5O7/c1-4-37(49,24-44)14-20-40(3)28-10-15-41(16-11-28)34(46)32(23-26-21-25(2)33(45)30(38)22-26)50-36(48)42-17-12-29(13-18-42)43-19-9-27-7-5-6-8-31(27)39-35(43)47/h5-8,21-22,28-29,32,44-45,49H,4,9-20,23-24H2,1-3H3,(H,39,47)/t32-,37?/m1/s1. The van der Waals surface area contributed by atoms with Crippen molar-refractivity contribution in [3.63, 3.8) is 0 Å². The molecule has 3 aliphatic heterocycles. The normalized spacial score (nSPS) is 19.4. The van der Waals surface area contributed by atoms with Gasteiger partial charge in [-0.3, -0.25) is 4.79 Å². The van der Waals surface area contributed by atoms with Crippen molar-refractivity contribution in [1.29, 1.82) is 0 Å². The summed E-state index contributed by atoms with van der Waals surface area (Å²) in [6.45, 7) is 6.29. The molecule has 0 aliphatic carbocycles. The third-order valence-electron chi connectivity index (χ3n) is 10.8. The van der Waals surface area contributed by atoms with Gasteiger partial charge < -0.3 is 45.0 Å². The van der Waals surface area contributed by atoms with Crippen molar-refractivity contribution in [2.75, 3.05) is 58.2 Å². The fraction of sp³-hybridized carbons (Fsp3) is 0.595. The number of benzene rings is 2. The summed E-state index contributed by atoms with van der Waals surface area (Å²) in [5.74, 6) is -0.305. The highest BCUT2D eigenvalue weighted by Gasteiger charge is 2.36. The van der Waals surface area contributed by atoms with Crippen LogP contribution in [0, 0.1) is 6.92 Å². The number of nitrogens with one attached hydrogen (secondary N) is 1. The summed E-state index contributed by atoms with van der Waals surface area (Å²) in [5, 5.41) is 33.5. The molecule has 2 aromatic carbocycles. The smallest absolute Gasteiger partial charge is 0.410 e. The number of anilines is 1. The first kappa shape index (κ1) is 37.7. The van der Waals surface area contributed by atoms with Crippen LogP contribution in [0.1, 0.15) is 62.1 Å². The summed E-state index contributed by atoms with van der Waals surface area (Å²) in [6.07, 6.45) is 2.76. The first-order valence-electron chi connectivity index (χ1n) is 17.8. The second-order valence-electron chi connectivity index (χ2n) is 14.1. The Morgan fingerprint density at radius 3 is 2.42 bits per heavy atom. The minimum atomic E-state index is -1.10. The van der Waals surface area contributed by atoms with Crippen molar-refractivity contribution in [3.05, 3.63) is 58.1 Å². The molecule has 2 aromatic rings. The SMILES string of the molecule is CCC(O)(CO)CCN(C)C1CCN(C(=O)[C@@H](Cc2cc(C)c(O)c(Cl)c2)OC(=O)N2CCC(N3CCc4ccccc4NC3=O)CC2)CC1. The van der Waals surface area contributed by atoms with Crippen molar-refractivity contribution < 1.29 is 34.4 Å². The predicted molar refractivity (Wildman–Crippen MR) is 191 cm³/mol. The Bertz CT molecular complexity index is 1480. The number of phenols is 1. The lowest BCUT2D eigenvalue weighted by molar-refractivity contribution is -0.142. The van der Waals surface area contributed by atoms with Gasteiger partial charge in [-0.2, -0.15) is 0 Å². The van der Waals surface area contributed by atoms with Gasteiger partial charge >= 0.3 is 12.1 Å². The molecule has 12 nitrogen and oxygen atoms in total. The van der Waals surface area contributed by atoms with Crippen molar-refractivity contribution >= 4 is 35.3 Å². The van der Waals surface area contributed by atoms with Crippen LogP contribution < -0.4 is 5.32 Å². The number of amides is 4. The number of para-hydroxylation sites is 1. The van der Waals surface area contributed by atoms with E-state index in [1.54, 1.807) is 28.9 Å². The minimum Gasteiger partial charge on any atom is -0.506 e. The number of phenolic OH excluding ortho intramolecular Hbond substituents is 1. The molecule has 1 unspecified atom stereocenters. The number of fused-ring (bicyclic) bond motifs is 1. The molecule has 4 N–H and O–H groups in total. The van der Waals surface area contributed by atoms with Gasteiger partial charge in [-0.25, -0.2) is 9.59 Å². The van der Waals surface area contributed by atoms with E-state index in [1.165, 1.54) is 0 Å². The largest absolute Gasteiger partial charge is 0.506 e. The molecule has 5 rings (SSSR count). The minimum absolute atomic E-state index is 0.0215. The summed E-state index contributed by atoms with van der Waals surface area (Å²) in [6, 6.07) is 11.2. The van der Waals surface area contributed by atoms with Crippen LogP contribution in [-0.2, 0) is 22.4 Å². The monoisotopic (exact) mass is 713 g/mol. The Kier molecular flexibility index (Phi) is 12.5. The van der Waals surface area contributed by atoms with E-state index in [1.807, 2.05) is 43.1 Å². The van der Waals surface area contributed by atoms with Gasteiger partial charge in [-0.1, -0.05) is 42.8 Å². The van der Waals surface area contributed by atoms with Crippen molar-refractivity contribution in [3.8, 4) is 5.75 Å². The summed E-state index contributed by atoms with van der Waals surface area (Å²) in [4.78, 5) is 48.1. The van der Waals surface area contributed by atoms with E-state index >= 15 is 0 Å². The Morgan fingerprint density at radius 2 is 1.76 bits per heavy atom. The topological polar surface area (TPSA) is 146 Å². The molecule has 0 bridgehead atoms. The Balaban J connectivity index is 1.20. The molecule has 0 aromatic heterocycles. The number of aryl methyl sites for hydroxylation is 1. The second kappa shape index (κ2) is 16.6. The second-order valence-corrected chi connectivity index (χ2v) is 14.5. The lowest BCUT2D eigenvalue weighted by Gasteiger charge is -2.39. The number of halogens is 1. The average molecular weight is 714 g/mol. The van der Waals surface area contributed by atoms with Gasteiger partial charge in [0.1, 0.15) is 5.75 Å². The number of piperidine rings is 2. The molecule has 2 fully saturated rings. The van der Waals surface area contributed by atoms with Gasteiger partial charge in [-0.15, -0.1) is 0 Å². The molecular formula is C37H52ClN5O7. The first-order valence-corrected chi connectivity index (χ1v) is 18.2. The quantitative estimate of drug-likeness (QED) is 0.268. The number of aliphatic hydroxyl groups is 2. The van der Waals surface area contributed by atoms with E-state index in [9.17, 15) is 29.7 Å². The zero-order chi connectivity index (χ0) is 36.0. The fourth-order valence-corrected chi connectivity index (χ4v) is 7.57. The molecule has 50 heavy (non-hydrogen) atoms. The lowest BCUT2D eigenvalue weighted by Crippen LogP contribution is -2.52. The maximum absolute atomic E-state index is 14.0. The third-order valence-corrected chi connectivity index (χ3v) is 11.1. The van der Waals surface area contributed by atoms with Gasteiger partial charge in [0, 0.05) is 63.5 Å². The number of hydrogen-bond acceptors (Lipinski definition) is 8. The number of hydrogen-bond donors (Lipinski definition) is 4. The molecule has 2 saturated heterocycles. The van der Waals surface area contributed by atoms with Crippen LogP contribution in [0.15, 0.2) is 36.4 Å². The van der Waals surface area contributed by atoms with Crippen LogP contribution in [0.3, 0.4) is 0 Å². The van der Waals surface area contributed by atoms with Gasteiger partial charge in [-0.05, 0) is 87.7 Å². The van der Waals surface area contributed by atoms with Crippen LogP contribution in [0.2, 0.25) is 5.02 Å². The maximum Gasteiger partial charge on any atom is 0.410 e. The highest BCUT2D eigenvalue weighted by atomic mass is 35.5. The van der Waals surface area contributed by atoms with Gasteiger partial charge in [0.25, 0.3) is 5.91 Å². The lowest BCUT2D eigenvalue weighted by atomic mass is 9.96. The summed E-state index contributed by atoms with van der Waals surface area (Å²) < 4.78 is 5.99. The number of ether oxygens (including phenoxy) is 1.